The maximum atomic E-state index is 12.1. The molecule has 5 heteroatoms. The Morgan fingerprint density at radius 3 is 2.80 bits per heavy atom. The molecule has 0 saturated carbocycles. The van der Waals surface area contributed by atoms with E-state index in [9.17, 15) is 4.79 Å². The molecule has 0 aliphatic carbocycles. The number of benzene rings is 1. The van der Waals surface area contributed by atoms with Crippen molar-refractivity contribution in [2.24, 2.45) is 0 Å². The number of nitrogens with zero attached hydrogens (tertiary/aromatic N) is 2. The van der Waals surface area contributed by atoms with E-state index < -0.39 is 0 Å². The summed E-state index contributed by atoms with van der Waals surface area (Å²) in [5.74, 6) is -0.0781. The lowest BCUT2D eigenvalue weighted by Gasteiger charge is -2.30. The molecule has 1 aromatic rings. The Morgan fingerprint density at radius 1 is 1.50 bits per heavy atom. The van der Waals surface area contributed by atoms with Gasteiger partial charge in [0, 0.05) is 29.7 Å². The first-order valence-corrected chi connectivity index (χ1v) is 7.14. The highest BCUT2D eigenvalue weighted by Gasteiger charge is 2.20. The molecular weight excluding hydrogens is 274 g/mol. The van der Waals surface area contributed by atoms with Crippen LogP contribution in [0.5, 0.6) is 0 Å². The molecule has 20 heavy (non-hydrogen) atoms. The molecule has 0 unspecified atom stereocenters. The monoisotopic (exact) mass is 291 g/mol. The summed E-state index contributed by atoms with van der Waals surface area (Å²) in [6.07, 6.45) is 1.76. The standard InChI is InChI=1S/C15H18ClN3O/c1-11-2-3-12(10-14(11)16)15(20)18-13-4-7-19(8-5-13)9-6-17/h2-3,10,13H,4-5,7-9H2,1H3,(H,18,20). The first-order chi connectivity index (χ1) is 9.60. The second-order valence-electron chi connectivity index (χ2n) is 5.15. The van der Waals surface area contributed by atoms with Gasteiger partial charge in [0.1, 0.15) is 0 Å². The minimum absolute atomic E-state index is 0.0781. The highest BCUT2D eigenvalue weighted by Crippen LogP contribution is 2.17. The van der Waals surface area contributed by atoms with E-state index >= 15 is 0 Å². The van der Waals surface area contributed by atoms with E-state index in [0.29, 0.717) is 17.1 Å². The van der Waals surface area contributed by atoms with Crippen LogP contribution < -0.4 is 5.32 Å². The Labute approximate surface area is 124 Å². The van der Waals surface area contributed by atoms with Gasteiger partial charge in [-0.05, 0) is 37.5 Å². The Balaban J connectivity index is 1.89. The molecule has 1 fully saturated rings. The molecule has 1 N–H and O–H groups in total. The molecule has 1 amide bonds. The second kappa shape index (κ2) is 6.74. The summed E-state index contributed by atoms with van der Waals surface area (Å²) in [5.41, 5.74) is 1.56. The summed E-state index contributed by atoms with van der Waals surface area (Å²) in [5, 5.41) is 12.3. The summed E-state index contributed by atoms with van der Waals surface area (Å²) >= 11 is 6.04. The van der Waals surface area contributed by atoms with Crippen molar-refractivity contribution in [3.63, 3.8) is 0 Å². The number of aryl methyl sites for hydroxylation is 1. The van der Waals surface area contributed by atoms with Gasteiger partial charge in [0.2, 0.25) is 0 Å². The van der Waals surface area contributed by atoms with Crippen LogP contribution in [-0.4, -0.2) is 36.5 Å². The molecule has 0 bridgehead atoms. The third-order valence-corrected chi connectivity index (χ3v) is 4.06. The zero-order valence-corrected chi connectivity index (χ0v) is 12.3. The minimum Gasteiger partial charge on any atom is -0.349 e. The Morgan fingerprint density at radius 2 is 2.20 bits per heavy atom. The van der Waals surface area contributed by atoms with Gasteiger partial charge in [0.25, 0.3) is 5.91 Å². The summed E-state index contributed by atoms with van der Waals surface area (Å²) in [6, 6.07) is 7.68. The maximum Gasteiger partial charge on any atom is 0.251 e. The molecule has 1 aliphatic heterocycles. The van der Waals surface area contributed by atoms with E-state index in [1.165, 1.54) is 0 Å². The van der Waals surface area contributed by atoms with Crippen molar-refractivity contribution in [2.45, 2.75) is 25.8 Å². The van der Waals surface area contributed by atoms with Crippen LogP contribution in [0.15, 0.2) is 18.2 Å². The molecule has 0 radical (unpaired) electrons. The first-order valence-electron chi connectivity index (χ1n) is 6.76. The van der Waals surface area contributed by atoms with E-state index in [1.807, 2.05) is 13.0 Å². The molecule has 2 rings (SSSR count). The van der Waals surface area contributed by atoms with Crippen LogP contribution in [0.4, 0.5) is 0 Å². The molecule has 1 saturated heterocycles. The zero-order chi connectivity index (χ0) is 14.5. The minimum atomic E-state index is -0.0781. The third kappa shape index (κ3) is 3.72. The fourth-order valence-electron chi connectivity index (χ4n) is 2.34. The SMILES string of the molecule is Cc1ccc(C(=O)NC2CCN(CC#N)CC2)cc1Cl. The van der Waals surface area contributed by atoms with Crippen LogP contribution >= 0.6 is 11.6 Å². The van der Waals surface area contributed by atoms with E-state index in [2.05, 4.69) is 16.3 Å². The van der Waals surface area contributed by atoms with Gasteiger partial charge in [-0.3, -0.25) is 9.69 Å². The molecular formula is C15H18ClN3O. The van der Waals surface area contributed by atoms with E-state index in [0.717, 1.165) is 31.5 Å². The quantitative estimate of drug-likeness (QED) is 0.870. The highest BCUT2D eigenvalue weighted by atomic mass is 35.5. The fraction of sp³-hybridized carbons (Fsp3) is 0.467. The number of halogens is 1. The molecule has 1 aliphatic rings. The van der Waals surface area contributed by atoms with Crippen molar-refractivity contribution in [1.29, 1.82) is 5.26 Å². The number of likely N-dealkylation sites (tertiary alicyclic amines) is 1. The predicted octanol–water partition coefficient (Wildman–Crippen LogP) is 2.37. The average Bonchev–Trinajstić information content (AvgIpc) is 2.44. The van der Waals surface area contributed by atoms with Crippen LogP contribution in [0.25, 0.3) is 0 Å². The lowest BCUT2D eigenvalue weighted by atomic mass is 10.0. The van der Waals surface area contributed by atoms with Crippen molar-refractivity contribution >= 4 is 17.5 Å². The van der Waals surface area contributed by atoms with Gasteiger partial charge in [-0.15, -0.1) is 0 Å². The molecule has 1 aromatic carbocycles. The molecule has 106 valence electrons. The van der Waals surface area contributed by atoms with E-state index in [1.54, 1.807) is 12.1 Å². The molecule has 0 atom stereocenters. The van der Waals surface area contributed by atoms with Gasteiger partial charge in [-0.1, -0.05) is 17.7 Å². The van der Waals surface area contributed by atoms with Crippen LogP contribution in [0, 0.1) is 18.3 Å². The maximum absolute atomic E-state index is 12.1. The van der Waals surface area contributed by atoms with E-state index in [4.69, 9.17) is 16.9 Å². The number of rotatable bonds is 3. The summed E-state index contributed by atoms with van der Waals surface area (Å²) < 4.78 is 0. The summed E-state index contributed by atoms with van der Waals surface area (Å²) in [4.78, 5) is 14.3. The zero-order valence-electron chi connectivity index (χ0n) is 11.5. The van der Waals surface area contributed by atoms with Crippen molar-refractivity contribution in [1.82, 2.24) is 10.2 Å². The van der Waals surface area contributed by atoms with Crippen LogP contribution in [-0.2, 0) is 0 Å². The van der Waals surface area contributed by atoms with Crippen molar-refractivity contribution < 1.29 is 4.79 Å². The lowest BCUT2D eigenvalue weighted by molar-refractivity contribution is 0.0914. The smallest absolute Gasteiger partial charge is 0.251 e. The van der Waals surface area contributed by atoms with Gasteiger partial charge >= 0.3 is 0 Å². The number of nitrogens with one attached hydrogen (secondary N) is 1. The summed E-state index contributed by atoms with van der Waals surface area (Å²) in [6.45, 7) is 4.09. The number of piperidine rings is 1. The van der Waals surface area contributed by atoms with Crippen molar-refractivity contribution in [2.75, 3.05) is 19.6 Å². The van der Waals surface area contributed by atoms with Crippen LogP contribution in [0.1, 0.15) is 28.8 Å². The molecule has 0 aromatic heterocycles. The lowest BCUT2D eigenvalue weighted by Crippen LogP contribution is -2.44. The fourth-order valence-corrected chi connectivity index (χ4v) is 2.52. The number of amides is 1. The molecule has 4 nitrogen and oxygen atoms in total. The molecule has 1 heterocycles. The molecule has 0 spiro atoms. The van der Waals surface area contributed by atoms with Crippen molar-refractivity contribution in [3.05, 3.63) is 34.3 Å². The number of carbonyl (C=O) groups excluding carboxylic acids is 1. The number of carbonyl (C=O) groups is 1. The van der Waals surface area contributed by atoms with E-state index in [-0.39, 0.29) is 11.9 Å². The van der Waals surface area contributed by atoms with Gasteiger partial charge in [-0.2, -0.15) is 5.26 Å². The normalized spacial score (nSPS) is 16.6. The third-order valence-electron chi connectivity index (χ3n) is 3.65. The van der Waals surface area contributed by atoms with Crippen LogP contribution in [0.3, 0.4) is 0 Å². The van der Waals surface area contributed by atoms with Gasteiger partial charge in [0.05, 0.1) is 12.6 Å². The topological polar surface area (TPSA) is 56.1 Å². The Kier molecular flexibility index (Phi) is 4.99. The largest absolute Gasteiger partial charge is 0.349 e. The number of nitriles is 1. The highest BCUT2D eigenvalue weighted by molar-refractivity contribution is 6.31. The van der Waals surface area contributed by atoms with Gasteiger partial charge in [-0.25, -0.2) is 0 Å². The Hall–Kier alpha value is -1.57. The number of hydrogen-bond acceptors (Lipinski definition) is 3. The predicted molar refractivity (Wildman–Crippen MR) is 78.7 cm³/mol. The second-order valence-corrected chi connectivity index (χ2v) is 5.55. The van der Waals surface area contributed by atoms with Gasteiger partial charge in [0.15, 0.2) is 0 Å². The first kappa shape index (κ1) is 14.8. The average molecular weight is 292 g/mol. The van der Waals surface area contributed by atoms with Gasteiger partial charge < -0.3 is 5.32 Å². The van der Waals surface area contributed by atoms with Crippen molar-refractivity contribution in [3.8, 4) is 6.07 Å². The number of hydrogen-bond donors (Lipinski definition) is 1. The van der Waals surface area contributed by atoms with Crippen LogP contribution in [0.2, 0.25) is 5.02 Å². The summed E-state index contributed by atoms with van der Waals surface area (Å²) in [7, 11) is 0. The Bertz CT molecular complexity index is 530.